The molecule has 3 rings (SSSR count). The Balaban J connectivity index is 1.40. The molecule has 0 spiro atoms. The summed E-state index contributed by atoms with van der Waals surface area (Å²) in [6.45, 7) is 4.69. The number of carbonyl (C=O) groups is 1. The normalized spacial score (nSPS) is 19.1. The van der Waals surface area contributed by atoms with Crippen molar-refractivity contribution in [1.82, 2.24) is 20.3 Å². The maximum Gasteiger partial charge on any atom is 0.240 e. The van der Waals surface area contributed by atoms with Crippen LogP contribution in [0.4, 0.5) is 0 Å². The first-order chi connectivity index (χ1) is 14.0. The van der Waals surface area contributed by atoms with Crippen LogP contribution < -0.4 is 14.8 Å². The summed E-state index contributed by atoms with van der Waals surface area (Å²) in [4.78, 5) is 23.4. The molecule has 156 valence electrons. The van der Waals surface area contributed by atoms with Crippen LogP contribution in [0.5, 0.6) is 11.8 Å². The van der Waals surface area contributed by atoms with Crippen LogP contribution in [0.25, 0.3) is 0 Å². The van der Waals surface area contributed by atoms with Gasteiger partial charge in [0.2, 0.25) is 17.7 Å². The molecule has 1 atom stereocenters. The summed E-state index contributed by atoms with van der Waals surface area (Å²) in [6.07, 6.45) is 5.06. The summed E-state index contributed by atoms with van der Waals surface area (Å²) in [5.74, 6) is 0.900. The minimum atomic E-state index is -0.0499. The van der Waals surface area contributed by atoms with E-state index in [2.05, 4.69) is 20.3 Å². The molecule has 1 N–H and O–H groups in total. The lowest BCUT2D eigenvalue weighted by molar-refractivity contribution is -0.120. The van der Waals surface area contributed by atoms with Crippen molar-refractivity contribution in [2.45, 2.75) is 45.4 Å². The zero-order chi connectivity index (χ0) is 20.6. The lowest BCUT2D eigenvalue weighted by Gasteiger charge is -2.35. The van der Waals surface area contributed by atoms with Gasteiger partial charge in [0.15, 0.2) is 5.02 Å². The van der Waals surface area contributed by atoms with E-state index in [1.807, 2.05) is 25.1 Å². The molecular formula is C20H25ClN4O4. The van der Waals surface area contributed by atoms with E-state index < -0.39 is 0 Å². The molecule has 8 nitrogen and oxygen atoms in total. The molecule has 2 aromatic rings. The third-order valence-corrected chi connectivity index (χ3v) is 4.81. The van der Waals surface area contributed by atoms with Gasteiger partial charge in [-0.3, -0.25) is 9.78 Å². The van der Waals surface area contributed by atoms with Gasteiger partial charge in [-0.05, 0) is 37.8 Å². The third kappa shape index (κ3) is 6.54. The highest BCUT2D eigenvalue weighted by Gasteiger charge is 2.31. The number of carbonyl (C=O) groups excluding carboxylic acids is 1. The number of rotatable bonds is 10. The first-order valence-electron chi connectivity index (χ1n) is 9.56. The zero-order valence-corrected chi connectivity index (χ0v) is 17.3. The molecule has 0 aromatic carbocycles. The van der Waals surface area contributed by atoms with E-state index in [1.54, 1.807) is 6.20 Å². The lowest BCUT2D eigenvalue weighted by Crippen LogP contribution is -2.40. The van der Waals surface area contributed by atoms with Crippen molar-refractivity contribution in [2.24, 2.45) is 5.92 Å². The Bertz CT molecular complexity index is 802. The fourth-order valence-corrected chi connectivity index (χ4v) is 3.18. The number of halogens is 1. The van der Waals surface area contributed by atoms with Crippen LogP contribution >= 0.6 is 11.6 Å². The van der Waals surface area contributed by atoms with Crippen molar-refractivity contribution >= 4 is 17.5 Å². The highest BCUT2D eigenvalue weighted by Crippen LogP contribution is 2.34. The topological polar surface area (TPSA) is 95.5 Å². The average molecular weight is 421 g/mol. The molecule has 1 aliphatic rings. The standard InChI is InChI=1S/C20H25ClN4O4/c1-13(25-14(2)26)9-27-17-7-15(8-17)10-28-19-18(21)20(24-12-23-19)29-11-16-5-3-4-6-22-16/h3-6,12-13,15,17H,7-11H2,1-2H3,(H,25,26)/t13-,15?,17?/m0/s1. The smallest absolute Gasteiger partial charge is 0.240 e. The summed E-state index contributed by atoms with van der Waals surface area (Å²) >= 11 is 6.32. The number of hydrogen-bond donors (Lipinski definition) is 1. The molecule has 0 aliphatic heterocycles. The van der Waals surface area contributed by atoms with Crippen molar-refractivity contribution in [3.05, 3.63) is 41.4 Å². The molecule has 2 aromatic heterocycles. The van der Waals surface area contributed by atoms with Gasteiger partial charge in [-0.25, -0.2) is 9.97 Å². The van der Waals surface area contributed by atoms with E-state index in [4.69, 9.17) is 25.8 Å². The van der Waals surface area contributed by atoms with Gasteiger partial charge in [0.05, 0.1) is 25.0 Å². The van der Waals surface area contributed by atoms with Crippen molar-refractivity contribution in [3.8, 4) is 11.8 Å². The SMILES string of the molecule is CC(=O)N[C@@H](C)COC1CC(COc2ncnc(OCc3ccccn3)c2Cl)C1. The number of pyridine rings is 1. The number of aromatic nitrogens is 3. The Labute approximate surface area is 175 Å². The first-order valence-corrected chi connectivity index (χ1v) is 9.93. The van der Waals surface area contributed by atoms with Crippen molar-refractivity contribution in [2.75, 3.05) is 13.2 Å². The van der Waals surface area contributed by atoms with Gasteiger partial charge in [0, 0.05) is 19.2 Å². The second kappa shape index (κ2) is 10.4. The average Bonchev–Trinajstić information content (AvgIpc) is 2.66. The van der Waals surface area contributed by atoms with Gasteiger partial charge in [-0.1, -0.05) is 17.7 Å². The van der Waals surface area contributed by atoms with Crippen LogP contribution in [0, 0.1) is 5.92 Å². The van der Waals surface area contributed by atoms with E-state index in [0.29, 0.717) is 25.0 Å². The molecule has 2 heterocycles. The minimum Gasteiger partial charge on any atom is -0.476 e. The Morgan fingerprint density at radius 2 is 2.00 bits per heavy atom. The fourth-order valence-electron chi connectivity index (χ4n) is 2.98. The summed E-state index contributed by atoms with van der Waals surface area (Å²) in [6, 6.07) is 5.59. The highest BCUT2D eigenvalue weighted by atomic mass is 35.5. The largest absolute Gasteiger partial charge is 0.476 e. The monoisotopic (exact) mass is 420 g/mol. The number of amides is 1. The quantitative estimate of drug-likeness (QED) is 0.631. The number of nitrogens with one attached hydrogen (secondary N) is 1. The van der Waals surface area contributed by atoms with Crippen LogP contribution in [0.3, 0.4) is 0 Å². The first kappa shape index (κ1) is 21.3. The molecule has 9 heteroatoms. The molecule has 1 saturated carbocycles. The maximum atomic E-state index is 11.0. The van der Waals surface area contributed by atoms with Gasteiger partial charge in [-0.2, -0.15) is 0 Å². The fraction of sp³-hybridized carbons (Fsp3) is 0.500. The van der Waals surface area contributed by atoms with Crippen molar-refractivity contribution in [1.29, 1.82) is 0 Å². The summed E-state index contributed by atoms with van der Waals surface area (Å²) in [5, 5.41) is 3.05. The Hall–Kier alpha value is -2.45. The minimum absolute atomic E-state index is 0.00660. The molecule has 0 unspecified atom stereocenters. The van der Waals surface area contributed by atoms with Gasteiger partial charge < -0.3 is 19.5 Å². The Morgan fingerprint density at radius 1 is 1.24 bits per heavy atom. The van der Waals surface area contributed by atoms with Gasteiger partial charge >= 0.3 is 0 Å². The number of hydrogen-bond acceptors (Lipinski definition) is 7. The van der Waals surface area contributed by atoms with E-state index in [-0.39, 0.29) is 35.6 Å². The second-order valence-corrected chi connectivity index (χ2v) is 7.49. The van der Waals surface area contributed by atoms with Crippen molar-refractivity contribution in [3.63, 3.8) is 0 Å². The molecule has 0 bridgehead atoms. The van der Waals surface area contributed by atoms with E-state index in [0.717, 1.165) is 18.5 Å². The van der Waals surface area contributed by atoms with Crippen molar-refractivity contribution < 1.29 is 19.0 Å². The Morgan fingerprint density at radius 3 is 2.69 bits per heavy atom. The van der Waals surface area contributed by atoms with E-state index in [1.165, 1.54) is 13.3 Å². The van der Waals surface area contributed by atoms with E-state index >= 15 is 0 Å². The molecule has 0 radical (unpaired) electrons. The van der Waals surface area contributed by atoms with Crippen LogP contribution in [-0.2, 0) is 16.1 Å². The highest BCUT2D eigenvalue weighted by molar-refractivity contribution is 6.33. The number of ether oxygens (including phenoxy) is 3. The third-order valence-electron chi connectivity index (χ3n) is 4.49. The maximum absolute atomic E-state index is 11.0. The van der Waals surface area contributed by atoms with Crippen LogP contribution in [0.2, 0.25) is 5.02 Å². The molecule has 29 heavy (non-hydrogen) atoms. The van der Waals surface area contributed by atoms with E-state index in [9.17, 15) is 4.79 Å². The Kier molecular flexibility index (Phi) is 7.60. The van der Waals surface area contributed by atoms with Crippen LogP contribution in [-0.4, -0.2) is 46.2 Å². The predicted molar refractivity (Wildman–Crippen MR) is 107 cm³/mol. The van der Waals surface area contributed by atoms with Crippen LogP contribution in [0.15, 0.2) is 30.7 Å². The summed E-state index contributed by atoms with van der Waals surface area (Å²) < 4.78 is 17.2. The number of nitrogens with zero attached hydrogens (tertiary/aromatic N) is 3. The molecule has 1 aliphatic carbocycles. The van der Waals surface area contributed by atoms with Crippen LogP contribution in [0.1, 0.15) is 32.4 Å². The molecule has 1 fully saturated rings. The molecule has 1 amide bonds. The summed E-state index contributed by atoms with van der Waals surface area (Å²) in [5.41, 5.74) is 0.776. The summed E-state index contributed by atoms with van der Waals surface area (Å²) in [7, 11) is 0. The van der Waals surface area contributed by atoms with Gasteiger partial charge in [-0.15, -0.1) is 0 Å². The second-order valence-electron chi connectivity index (χ2n) is 7.11. The zero-order valence-electron chi connectivity index (χ0n) is 16.5. The van der Waals surface area contributed by atoms with Gasteiger partial charge in [0.1, 0.15) is 12.9 Å². The van der Waals surface area contributed by atoms with Gasteiger partial charge in [0.25, 0.3) is 0 Å². The lowest BCUT2D eigenvalue weighted by atomic mass is 9.83. The molecular weight excluding hydrogens is 396 g/mol. The molecule has 0 saturated heterocycles. The predicted octanol–water partition coefficient (Wildman–Crippen LogP) is 2.80.